The number of morpholine rings is 1. The highest BCUT2D eigenvalue weighted by Crippen LogP contribution is 2.10. The Morgan fingerprint density at radius 2 is 2.06 bits per heavy atom. The molecule has 98 valence electrons. The fraction of sp³-hybridized carbons (Fsp3) is 0.917. The summed E-state index contributed by atoms with van der Waals surface area (Å²) >= 11 is 0. The first-order chi connectivity index (χ1) is 8.34. The smallest absolute Gasteiger partial charge is 0.221 e. The van der Waals surface area contributed by atoms with E-state index in [4.69, 9.17) is 9.47 Å². The first-order valence-electron chi connectivity index (χ1n) is 6.49. The van der Waals surface area contributed by atoms with E-state index in [0.717, 1.165) is 59.0 Å². The summed E-state index contributed by atoms with van der Waals surface area (Å²) < 4.78 is 10.5. The number of ether oxygens (including phenoxy) is 2. The highest BCUT2D eigenvalue weighted by atomic mass is 16.5. The number of hydrogen-bond donors (Lipinski definition) is 1. The molecule has 2 aliphatic rings. The van der Waals surface area contributed by atoms with Crippen LogP contribution in [0.15, 0.2) is 0 Å². The van der Waals surface area contributed by atoms with Crippen molar-refractivity contribution in [3.05, 3.63) is 0 Å². The zero-order valence-corrected chi connectivity index (χ0v) is 10.3. The second kappa shape index (κ2) is 6.93. The van der Waals surface area contributed by atoms with E-state index >= 15 is 0 Å². The predicted molar refractivity (Wildman–Crippen MR) is 63.8 cm³/mol. The van der Waals surface area contributed by atoms with Crippen LogP contribution in [0.2, 0.25) is 0 Å². The Bertz CT molecular complexity index is 236. The zero-order valence-electron chi connectivity index (χ0n) is 10.3. The molecule has 0 bridgehead atoms. The van der Waals surface area contributed by atoms with Gasteiger partial charge in [-0.25, -0.2) is 0 Å². The summed E-state index contributed by atoms with van der Waals surface area (Å²) in [6.07, 6.45) is 1.66. The first-order valence-corrected chi connectivity index (χ1v) is 6.49. The summed E-state index contributed by atoms with van der Waals surface area (Å²) in [6.45, 7) is 6.73. The number of amides is 1. The van der Waals surface area contributed by atoms with Gasteiger partial charge in [0.25, 0.3) is 0 Å². The maximum atomic E-state index is 11.6. The molecule has 0 aromatic carbocycles. The number of hydrogen-bond acceptors (Lipinski definition) is 4. The van der Waals surface area contributed by atoms with Crippen molar-refractivity contribution in [1.82, 2.24) is 10.2 Å². The Morgan fingerprint density at radius 1 is 1.24 bits per heavy atom. The summed E-state index contributed by atoms with van der Waals surface area (Å²) in [7, 11) is 0. The minimum absolute atomic E-state index is 0.156. The highest BCUT2D eigenvalue weighted by Gasteiger charge is 2.17. The molecule has 0 aromatic rings. The van der Waals surface area contributed by atoms with Gasteiger partial charge in [0.05, 0.1) is 19.8 Å². The number of rotatable bonds is 5. The number of carbonyl (C=O) groups is 1. The van der Waals surface area contributed by atoms with Gasteiger partial charge < -0.3 is 14.8 Å². The molecule has 0 aliphatic carbocycles. The van der Waals surface area contributed by atoms with Crippen LogP contribution in [-0.2, 0) is 14.3 Å². The molecule has 1 atom stereocenters. The fourth-order valence-electron chi connectivity index (χ4n) is 2.18. The van der Waals surface area contributed by atoms with E-state index in [1.807, 2.05) is 0 Å². The van der Waals surface area contributed by atoms with Gasteiger partial charge >= 0.3 is 0 Å². The molecule has 1 amide bonds. The molecular formula is C12H22N2O3. The zero-order chi connectivity index (χ0) is 11.9. The van der Waals surface area contributed by atoms with Crippen molar-refractivity contribution in [3.63, 3.8) is 0 Å². The molecule has 5 nitrogen and oxygen atoms in total. The lowest BCUT2D eigenvalue weighted by Crippen LogP contribution is -2.39. The molecule has 1 N–H and O–H groups in total. The van der Waals surface area contributed by atoms with Gasteiger partial charge in [-0.05, 0) is 6.42 Å². The highest BCUT2D eigenvalue weighted by molar-refractivity contribution is 5.76. The maximum Gasteiger partial charge on any atom is 0.221 e. The lowest BCUT2D eigenvalue weighted by molar-refractivity contribution is -0.121. The van der Waals surface area contributed by atoms with Crippen LogP contribution in [0.5, 0.6) is 0 Å². The normalized spacial score (nSPS) is 26.0. The molecule has 0 spiro atoms. The monoisotopic (exact) mass is 242 g/mol. The quantitative estimate of drug-likeness (QED) is 0.729. The van der Waals surface area contributed by atoms with Gasteiger partial charge in [-0.3, -0.25) is 9.69 Å². The third-order valence-corrected chi connectivity index (χ3v) is 3.37. The molecule has 0 radical (unpaired) electrons. The van der Waals surface area contributed by atoms with Crippen LogP contribution in [0.3, 0.4) is 0 Å². The summed E-state index contributed by atoms with van der Waals surface area (Å²) in [5, 5.41) is 2.99. The van der Waals surface area contributed by atoms with Crippen molar-refractivity contribution < 1.29 is 14.3 Å². The van der Waals surface area contributed by atoms with E-state index in [0.29, 0.717) is 12.3 Å². The average molecular weight is 242 g/mol. The second-order valence-corrected chi connectivity index (χ2v) is 4.74. The molecule has 2 rings (SSSR count). The van der Waals surface area contributed by atoms with Gasteiger partial charge in [0, 0.05) is 45.1 Å². The van der Waals surface area contributed by atoms with Crippen LogP contribution in [0.4, 0.5) is 0 Å². The third kappa shape index (κ3) is 4.61. The molecule has 2 fully saturated rings. The van der Waals surface area contributed by atoms with Gasteiger partial charge in [-0.15, -0.1) is 0 Å². The van der Waals surface area contributed by atoms with E-state index in [2.05, 4.69) is 10.2 Å². The van der Waals surface area contributed by atoms with Gasteiger partial charge in [-0.1, -0.05) is 0 Å². The molecule has 0 unspecified atom stereocenters. The van der Waals surface area contributed by atoms with Gasteiger partial charge in [0.2, 0.25) is 5.91 Å². The minimum atomic E-state index is 0.156. The van der Waals surface area contributed by atoms with Crippen molar-refractivity contribution in [1.29, 1.82) is 0 Å². The molecule has 5 heteroatoms. The van der Waals surface area contributed by atoms with Gasteiger partial charge in [0.15, 0.2) is 0 Å². The van der Waals surface area contributed by atoms with Crippen LogP contribution in [-0.4, -0.2) is 63.4 Å². The van der Waals surface area contributed by atoms with E-state index in [-0.39, 0.29) is 5.91 Å². The molecule has 2 heterocycles. The van der Waals surface area contributed by atoms with E-state index in [9.17, 15) is 4.79 Å². The van der Waals surface area contributed by atoms with Crippen LogP contribution < -0.4 is 5.32 Å². The lowest BCUT2D eigenvalue weighted by Gasteiger charge is -2.26. The van der Waals surface area contributed by atoms with Crippen LogP contribution in [0.1, 0.15) is 12.8 Å². The number of carbonyl (C=O) groups excluding carboxylic acids is 1. The van der Waals surface area contributed by atoms with Gasteiger partial charge in [-0.2, -0.15) is 0 Å². The Balaban J connectivity index is 1.53. The van der Waals surface area contributed by atoms with E-state index < -0.39 is 0 Å². The van der Waals surface area contributed by atoms with Crippen LogP contribution in [0, 0.1) is 5.92 Å². The Kier molecular flexibility index (Phi) is 5.22. The molecule has 17 heavy (non-hydrogen) atoms. The van der Waals surface area contributed by atoms with Crippen LogP contribution >= 0.6 is 0 Å². The molecular weight excluding hydrogens is 220 g/mol. The topological polar surface area (TPSA) is 50.8 Å². The van der Waals surface area contributed by atoms with Gasteiger partial charge in [0.1, 0.15) is 0 Å². The summed E-state index contributed by atoms with van der Waals surface area (Å²) in [4.78, 5) is 13.9. The molecule has 0 saturated carbocycles. The SMILES string of the molecule is O=C(CCN1CCOCC1)NC[C@@H]1CCOC1. The Morgan fingerprint density at radius 3 is 2.76 bits per heavy atom. The molecule has 2 saturated heterocycles. The fourth-order valence-corrected chi connectivity index (χ4v) is 2.18. The maximum absolute atomic E-state index is 11.6. The minimum Gasteiger partial charge on any atom is -0.381 e. The summed E-state index contributed by atoms with van der Waals surface area (Å²) in [6, 6.07) is 0. The van der Waals surface area contributed by atoms with E-state index in [1.165, 1.54) is 0 Å². The first kappa shape index (κ1) is 12.8. The molecule has 0 aromatic heterocycles. The van der Waals surface area contributed by atoms with Crippen molar-refractivity contribution >= 4 is 5.91 Å². The standard InChI is InChI=1S/C12H22N2O3/c15-12(13-9-11-2-6-17-10-11)1-3-14-4-7-16-8-5-14/h11H,1-10H2,(H,13,15)/t11-/m0/s1. The summed E-state index contributed by atoms with van der Waals surface area (Å²) in [5.74, 6) is 0.672. The predicted octanol–water partition coefficient (Wildman–Crippen LogP) is -0.139. The molecule has 2 aliphatic heterocycles. The number of nitrogens with one attached hydrogen (secondary N) is 1. The van der Waals surface area contributed by atoms with Crippen molar-refractivity contribution in [3.8, 4) is 0 Å². The van der Waals surface area contributed by atoms with Crippen molar-refractivity contribution in [2.24, 2.45) is 5.92 Å². The van der Waals surface area contributed by atoms with Crippen LogP contribution in [0.25, 0.3) is 0 Å². The number of nitrogens with zero attached hydrogens (tertiary/aromatic N) is 1. The second-order valence-electron chi connectivity index (χ2n) is 4.74. The van der Waals surface area contributed by atoms with Crippen molar-refractivity contribution in [2.75, 3.05) is 52.6 Å². The lowest BCUT2D eigenvalue weighted by atomic mass is 10.1. The summed E-state index contributed by atoms with van der Waals surface area (Å²) in [5.41, 5.74) is 0. The third-order valence-electron chi connectivity index (χ3n) is 3.37. The Labute approximate surface area is 102 Å². The van der Waals surface area contributed by atoms with Crippen molar-refractivity contribution in [2.45, 2.75) is 12.8 Å². The Hall–Kier alpha value is -0.650. The average Bonchev–Trinajstić information content (AvgIpc) is 2.88. The van der Waals surface area contributed by atoms with E-state index in [1.54, 1.807) is 0 Å². The largest absolute Gasteiger partial charge is 0.381 e.